The van der Waals surface area contributed by atoms with Gasteiger partial charge < -0.3 is 0 Å². The average molecular weight is 485 g/mol. The monoisotopic (exact) mass is 484 g/mol. The number of carbonyl (C=O) groups excluding carboxylic acids is 4. The number of benzene rings is 2. The number of hydrogen-bond acceptors (Lipinski definition) is 6. The van der Waals surface area contributed by atoms with Gasteiger partial charge in [-0.05, 0) is 44.0 Å². The molecule has 2 aromatic carbocycles. The Morgan fingerprint density at radius 2 is 1.19 bits per heavy atom. The molecule has 184 valence electrons. The van der Waals surface area contributed by atoms with Gasteiger partial charge in [-0.25, -0.2) is 19.8 Å². The molecule has 0 saturated carbocycles. The van der Waals surface area contributed by atoms with Crippen molar-refractivity contribution in [2.24, 2.45) is 17.8 Å². The molecule has 0 N–H and O–H groups in total. The fraction of sp³-hybridized carbons (Fsp3) is 0.357. The lowest BCUT2D eigenvalue weighted by Crippen LogP contribution is -2.63. The molecule has 3 aliphatic heterocycles. The van der Waals surface area contributed by atoms with Gasteiger partial charge in [0.1, 0.15) is 6.04 Å². The molecular formula is C28H28N4O4. The molecule has 8 nitrogen and oxygen atoms in total. The molecule has 8 heteroatoms. The van der Waals surface area contributed by atoms with Gasteiger partial charge in [0.2, 0.25) is 17.7 Å². The van der Waals surface area contributed by atoms with Crippen molar-refractivity contribution < 1.29 is 19.2 Å². The molecule has 2 aromatic rings. The van der Waals surface area contributed by atoms with Crippen molar-refractivity contribution in [2.45, 2.75) is 31.8 Å². The topological polar surface area (TPSA) is 81.2 Å². The van der Waals surface area contributed by atoms with E-state index in [0.29, 0.717) is 24.2 Å². The molecule has 3 saturated heterocycles. The van der Waals surface area contributed by atoms with Gasteiger partial charge >= 0.3 is 0 Å². The Morgan fingerprint density at radius 3 is 1.75 bits per heavy atom. The summed E-state index contributed by atoms with van der Waals surface area (Å²) >= 11 is 0. The predicted molar refractivity (Wildman–Crippen MR) is 133 cm³/mol. The smallest absolute Gasteiger partial charge is 0.253 e. The summed E-state index contributed by atoms with van der Waals surface area (Å²) in [6, 6.07) is 16.8. The lowest BCUT2D eigenvalue weighted by atomic mass is 9.68. The quantitative estimate of drug-likeness (QED) is 0.492. The minimum absolute atomic E-state index is 0.199. The van der Waals surface area contributed by atoms with Crippen molar-refractivity contribution in [3.8, 4) is 0 Å². The number of amides is 4. The van der Waals surface area contributed by atoms with Gasteiger partial charge in [0.05, 0.1) is 35.2 Å². The number of anilines is 2. The van der Waals surface area contributed by atoms with Crippen LogP contribution in [0.25, 0.3) is 0 Å². The number of hydrogen-bond donors (Lipinski definition) is 0. The van der Waals surface area contributed by atoms with Crippen LogP contribution in [0.5, 0.6) is 0 Å². The number of nitrogens with zero attached hydrogens (tertiary/aromatic N) is 4. The number of hydrazine groups is 1. The van der Waals surface area contributed by atoms with Crippen LogP contribution < -0.4 is 9.80 Å². The summed E-state index contributed by atoms with van der Waals surface area (Å²) in [6.07, 6.45) is 0.892. The molecule has 0 radical (unpaired) electrons. The number of piperidine rings is 1. The van der Waals surface area contributed by atoms with Crippen LogP contribution in [0.15, 0.2) is 71.8 Å². The van der Waals surface area contributed by atoms with E-state index in [1.807, 2.05) is 55.3 Å². The van der Waals surface area contributed by atoms with Crippen molar-refractivity contribution in [1.82, 2.24) is 10.0 Å². The maximum absolute atomic E-state index is 13.9. The molecule has 5 unspecified atom stereocenters. The van der Waals surface area contributed by atoms with Crippen LogP contribution >= 0.6 is 0 Å². The van der Waals surface area contributed by atoms with Gasteiger partial charge in [-0.3, -0.25) is 19.2 Å². The third-order valence-corrected chi connectivity index (χ3v) is 8.14. The highest BCUT2D eigenvalue weighted by molar-refractivity contribution is 6.24. The van der Waals surface area contributed by atoms with Crippen LogP contribution in [0.4, 0.5) is 11.4 Å². The molecule has 0 aromatic heterocycles. The minimum Gasteiger partial charge on any atom is -0.274 e. The number of rotatable bonds is 3. The number of para-hydroxylation sites is 2. The number of carbonyl (C=O) groups is 4. The van der Waals surface area contributed by atoms with Gasteiger partial charge in [0.25, 0.3) is 5.91 Å². The van der Waals surface area contributed by atoms with Gasteiger partial charge in [0, 0.05) is 14.1 Å². The molecule has 1 aliphatic carbocycles. The maximum Gasteiger partial charge on any atom is 0.253 e. The number of fused-ring (bicyclic) bond motifs is 4. The summed E-state index contributed by atoms with van der Waals surface area (Å²) in [5.41, 5.74) is 3.14. The Morgan fingerprint density at radius 1 is 0.667 bits per heavy atom. The second-order valence-corrected chi connectivity index (χ2v) is 10.3. The number of imide groups is 2. The molecule has 5 atom stereocenters. The SMILES string of the molecule is CC1=C2CC3C(=O)N(c4ccccc4)C(=O)C3N(N(C)C)C2C2C(=O)N(c3ccccc3)C(=O)C2C1. The highest BCUT2D eigenvalue weighted by Gasteiger charge is 2.63. The molecule has 6 rings (SSSR count). The summed E-state index contributed by atoms with van der Waals surface area (Å²) in [7, 11) is 3.66. The predicted octanol–water partition coefficient (Wildman–Crippen LogP) is 2.62. The fourth-order valence-electron chi connectivity index (χ4n) is 6.65. The summed E-state index contributed by atoms with van der Waals surface area (Å²) in [5, 5.41) is 3.71. The van der Waals surface area contributed by atoms with E-state index in [1.165, 1.54) is 9.80 Å². The molecule has 3 heterocycles. The second kappa shape index (κ2) is 8.21. The summed E-state index contributed by atoms with van der Waals surface area (Å²) in [6.45, 7) is 1.99. The first-order valence-corrected chi connectivity index (χ1v) is 12.3. The summed E-state index contributed by atoms with van der Waals surface area (Å²) in [5.74, 6) is -2.61. The first kappa shape index (κ1) is 22.8. The van der Waals surface area contributed by atoms with E-state index in [9.17, 15) is 19.2 Å². The van der Waals surface area contributed by atoms with E-state index < -0.39 is 29.8 Å². The van der Waals surface area contributed by atoms with Crippen molar-refractivity contribution in [2.75, 3.05) is 23.9 Å². The highest BCUT2D eigenvalue weighted by atomic mass is 16.2. The summed E-state index contributed by atoms with van der Waals surface area (Å²) < 4.78 is 0. The van der Waals surface area contributed by atoms with Crippen LogP contribution in [0.3, 0.4) is 0 Å². The molecule has 36 heavy (non-hydrogen) atoms. The molecule has 3 fully saturated rings. The Kier molecular flexibility index (Phi) is 5.21. The van der Waals surface area contributed by atoms with Gasteiger partial charge in [-0.2, -0.15) is 0 Å². The van der Waals surface area contributed by atoms with E-state index >= 15 is 0 Å². The summed E-state index contributed by atoms with van der Waals surface area (Å²) in [4.78, 5) is 57.4. The fourth-order valence-corrected chi connectivity index (χ4v) is 6.65. The van der Waals surface area contributed by atoms with E-state index in [2.05, 4.69) is 0 Å². The molecule has 4 amide bonds. The van der Waals surface area contributed by atoms with E-state index in [0.717, 1.165) is 11.1 Å². The maximum atomic E-state index is 13.9. The lowest BCUT2D eigenvalue weighted by Gasteiger charge is -2.50. The Hall–Kier alpha value is -3.62. The average Bonchev–Trinajstić information content (AvgIpc) is 3.27. The standard InChI is InChI=1S/C28H28N4O4/c1-16-14-20-22(27(35)30(25(20)33)17-10-6-4-7-11-17)23-19(16)15-21-24(32(23)29(2)3)28(36)31(26(21)34)18-12-8-5-9-13-18/h4-13,20-24H,14-15H2,1-3H3. The molecular weight excluding hydrogens is 456 g/mol. The number of allylic oxidation sites excluding steroid dienone is 1. The zero-order valence-electron chi connectivity index (χ0n) is 20.5. The van der Waals surface area contributed by atoms with Crippen molar-refractivity contribution in [3.63, 3.8) is 0 Å². The van der Waals surface area contributed by atoms with Crippen molar-refractivity contribution in [1.29, 1.82) is 0 Å². The van der Waals surface area contributed by atoms with Gasteiger partial charge in [-0.15, -0.1) is 0 Å². The van der Waals surface area contributed by atoms with Crippen LogP contribution in [0.1, 0.15) is 19.8 Å². The first-order chi connectivity index (χ1) is 17.3. The molecule has 0 spiro atoms. The third-order valence-electron chi connectivity index (χ3n) is 8.14. The molecule has 0 bridgehead atoms. The van der Waals surface area contributed by atoms with E-state index in [1.54, 1.807) is 36.4 Å². The third kappa shape index (κ3) is 3.07. The first-order valence-electron chi connectivity index (χ1n) is 12.3. The van der Waals surface area contributed by atoms with Gasteiger partial charge in [-0.1, -0.05) is 47.5 Å². The van der Waals surface area contributed by atoms with Crippen LogP contribution in [0, 0.1) is 17.8 Å². The van der Waals surface area contributed by atoms with E-state index in [4.69, 9.17) is 0 Å². The highest BCUT2D eigenvalue weighted by Crippen LogP contribution is 2.51. The normalized spacial score (nSPS) is 30.3. The minimum atomic E-state index is -0.735. The van der Waals surface area contributed by atoms with Crippen molar-refractivity contribution >= 4 is 35.0 Å². The zero-order valence-corrected chi connectivity index (χ0v) is 20.5. The van der Waals surface area contributed by atoms with Crippen LogP contribution in [0.2, 0.25) is 0 Å². The lowest BCUT2D eigenvalue weighted by molar-refractivity contribution is -0.148. The largest absolute Gasteiger partial charge is 0.274 e. The Balaban J connectivity index is 1.44. The van der Waals surface area contributed by atoms with Crippen LogP contribution in [-0.4, -0.2) is 59.8 Å². The second-order valence-electron chi connectivity index (χ2n) is 10.3. The Bertz CT molecular complexity index is 1310. The van der Waals surface area contributed by atoms with Gasteiger partial charge in [0.15, 0.2) is 0 Å². The van der Waals surface area contributed by atoms with E-state index in [-0.39, 0.29) is 23.6 Å². The molecule has 4 aliphatic rings. The zero-order chi connectivity index (χ0) is 25.3. The van der Waals surface area contributed by atoms with Crippen molar-refractivity contribution in [3.05, 3.63) is 71.8 Å². The van der Waals surface area contributed by atoms with Crippen LogP contribution in [-0.2, 0) is 19.2 Å². The Labute approximate surface area is 209 Å².